The van der Waals surface area contributed by atoms with Gasteiger partial charge in [0.2, 0.25) is 5.91 Å². The summed E-state index contributed by atoms with van der Waals surface area (Å²) in [6.45, 7) is 6.75. The van der Waals surface area contributed by atoms with E-state index in [0.29, 0.717) is 43.5 Å². The van der Waals surface area contributed by atoms with Gasteiger partial charge < -0.3 is 34.8 Å². The lowest BCUT2D eigenvalue weighted by Crippen LogP contribution is -2.56. The largest absolute Gasteiger partial charge is 0.436 e. The van der Waals surface area contributed by atoms with Gasteiger partial charge in [-0.15, -0.1) is 0 Å². The van der Waals surface area contributed by atoms with Crippen LogP contribution in [-0.4, -0.2) is 112 Å². The third kappa shape index (κ3) is 11.3. The van der Waals surface area contributed by atoms with Gasteiger partial charge in [0.15, 0.2) is 6.10 Å². The number of carbonyl (C=O) groups excluding carboxylic acids is 3. The van der Waals surface area contributed by atoms with Crippen LogP contribution in [0.25, 0.3) is 0 Å². The molecule has 3 N–H and O–H groups in total. The van der Waals surface area contributed by atoms with Crippen LogP contribution in [0.2, 0.25) is 0 Å². The number of hydrogen-bond acceptors (Lipinski definition) is 7. The topological polar surface area (TPSA) is 131 Å². The Kier molecular flexibility index (Phi) is 14.1. The van der Waals surface area contributed by atoms with Crippen LogP contribution < -0.4 is 5.32 Å². The molecule has 1 aliphatic carbocycles. The van der Waals surface area contributed by atoms with E-state index in [9.17, 15) is 19.5 Å². The van der Waals surface area contributed by atoms with Gasteiger partial charge in [0.1, 0.15) is 6.04 Å². The van der Waals surface area contributed by atoms with Crippen LogP contribution in [0.1, 0.15) is 76.5 Å². The van der Waals surface area contributed by atoms with Crippen molar-refractivity contribution in [1.82, 2.24) is 30.0 Å². The second-order valence-electron chi connectivity index (χ2n) is 14.0. The Bertz CT molecular complexity index is 1230. The molecule has 0 spiro atoms. The number of nitrogens with one attached hydrogen (secondary N) is 2. The van der Waals surface area contributed by atoms with E-state index in [1.165, 1.54) is 24.2 Å². The van der Waals surface area contributed by atoms with Gasteiger partial charge in [0.05, 0.1) is 18.5 Å². The molecule has 47 heavy (non-hydrogen) atoms. The molecular weight excluding hydrogens is 596 g/mol. The first kappa shape index (κ1) is 36.4. The van der Waals surface area contributed by atoms with Gasteiger partial charge >= 0.3 is 6.09 Å². The zero-order chi connectivity index (χ0) is 33.8. The fraction of sp³-hybridized carbons (Fsp3) is 0.667. The first-order valence-corrected chi connectivity index (χ1v) is 17.5. The third-order valence-corrected chi connectivity index (χ3v) is 9.77. The van der Waals surface area contributed by atoms with Gasteiger partial charge in [0.25, 0.3) is 5.91 Å². The summed E-state index contributed by atoms with van der Waals surface area (Å²) in [5.41, 5.74) is 1.55. The van der Waals surface area contributed by atoms with Crippen LogP contribution in [0.3, 0.4) is 0 Å². The SMILES string of the molecule is CC(C)CC[C@H](O)[C@H](CC1CCCCC1)NC(=O)[C@H](Cc1cnc[nH]1)N(C)C(=O)[C@H](Cc1ccccc1)OC(=O)N1CCN(C)CC1. The number of likely N-dealkylation sites (N-methyl/N-ethyl adjacent to an activating group) is 2. The highest BCUT2D eigenvalue weighted by atomic mass is 16.6. The van der Waals surface area contributed by atoms with Crippen LogP contribution in [-0.2, 0) is 27.2 Å². The standard InChI is InChI=1S/C36H56N6O5/c1-26(2)15-16-32(43)30(21-27-11-7-5-8-12-27)39-34(44)31(23-29-24-37-25-38-29)41(4)35(45)33(22-28-13-9-6-10-14-28)47-36(46)42-19-17-40(3)18-20-42/h6,9-10,13-14,24-27,30-33,43H,5,7-8,11-12,15-23H2,1-4H3,(H,37,38)(H,39,44)/t30-,31-,32-,33-/m0/s1. The van der Waals surface area contributed by atoms with Crippen molar-refractivity contribution in [3.05, 3.63) is 54.1 Å². The first-order chi connectivity index (χ1) is 22.6. The number of aliphatic hydroxyl groups excluding tert-OH is 1. The molecular formula is C36H56N6O5. The van der Waals surface area contributed by atoms with E-state index < -0.39 is 36.3 Å². The minimum atomic E-state index is -1.12. The second kappa shape index (κ2) is 18.2. The summed E-state index contributed by atoms with van der Waals surface area (Å²) >= 11 is 0. The molecule has 2 aromatic rings. The van der Waals surface area contributed by atoms with Crippen molar-refractivity contribution >= 4 is 17.9 Å². The molecule has 4 rings (SSSR count). The number of ether oxygens (including phenoxy) is 1. The van der Waals surface area contributed by atoms with Gasteiger partial charge in [-0.2, -0.15) is 0 Å². The first-order valence-electron chi connectivity index (χ1n) is 17.5. The number of H-pyrrole nitrogens is 1. The maximum Gasteiger partial charge on any atom is 0.410 e. The minimum absolute atomic E-state index is 0.181. The highest BCUT2D eigenvalue weighted by Gasteiger charge is 2.37. The molecule has 1 saturated heterocycles. The molecule has 1 saturated carbocycles. The molecule has 1 aliphatic heterocycles. The third-order valence-electron chi connectivity index (χ3n) is 9.77. The van der Waals surface area contributed by atoms with Gasteiger partial charge in [-0.25, -0.2) is 9.78 Å². The predicted molar refractivity (Wildman–Crippen MR) is 182 cm³/mol. The Morgan fingerprint density at radius 1 is 1.04 bits per heavy atom. The average Bonchev–Trinajstić information content (AvgIpc) is 3.59. The molecule has 0 radical (unpaired) electrons. The van der Waals surface area contributed by atoms with Crippen molar-refractivity contribution < 1.29 is 24.2 Å². The number of aromatic nitrogens is 2. The van der Waals surface area contributed by atoms with Crippen molar-refractivity contribution in [2.75, 3.05) is 40.3 Å². The molecule has 11 nitrogen and oxygen atoms in total. The maximum absolute atomic E-state index is 14.3. The number of aromatic amines is 1. The zero-order valence-corrected chi connectivity index (χ0v) is 28.8. The number of piperazine rings is 1. The van der Waals surface area contributed by atoms with Crippen molar-refractivity contribution in [3.63, 3.8) is 0 Å². The van der Waals surface area contributed by atoms with Crippen molar-refractivity contribution in [3.8, 4) is 0 Å². The van der Waals surface area contributed by atoms with Crippen LogP contribution in [0.15, 0.2) is 42.9 Å². The maximum atomic E-state index is 14.3. The van der Waals surface area contributed by atoms with Gasteiger partial charge in [-0.1, -0.05) is 76.3 Å². The fourth-order valence-corrected chi connectivity index (χ4v) is 6.66. The van der Waals surface area contributed by atoms with Crippen LogP contribution in [0.5, 0.6) is 0 Å². The zero-order valence-electron chi connectivity index (χ0n) is 28.8. The number of carbonyl (C=O) groups is 3. The quantitative estimate of drug-likeness (QED) is 0.265. The van der Waals surface area contributed by atoms with Crippen LogP contribution >= 0.6 is 0 Å². The van der Waals surface area contributed by atoms with Gasteiger partial charge in [-0.05, 0) is 43.7 Å². The summed E-state index contributed by atoms with van der Waals surface area (Å²) in [6.07, 6.45) is 9.13. The average molecular weight is 653 g/mol. The highest BCUT2D eigenvalue weighted by Crippen LogP contribution is 2.29. The Morgan fingerprint density at radius 2 is 1.74 bits per heavy atom. The number of rotatable bonds is 15. The minimum Gasteiger partial charge on any atom is -0.436 e. The monoisotopic (exact) mass is 652 g/mol. The predicted octanol–water partition coefficient (Wildman–Crippen LogP) is 4.03. The Hall–Kier alpha value is -3.44. The summed E-state index contributed by atoms with van der Waals surface area (Å²) < 4.78 is 5.94. The molecule has 260 valence electrons. The molecule has 2 heterocycles. The lowest BCUT2D eigenvalue weighted by atomic mass is 9.83. The second-order valence-corrected chi connectivity index (χ2v) is 14.0. The molecule has 0 bridgehead atoms. The Morgan fingerprint density at radius 3 is 2.38 bits per heavy atom. The number of aliphatic hydroxyl groups is 1. The fourth-order valence-electron chi connectivity index (χ4n) is 6.66. The van der Waals surface area contributed by atoms with E-state index in [4.69, 9.17) is 4.74 Å². The summed E-state index contributed by atoms with van der Waals surface area (Å²) in [5, 5.41) is 14.5. The number of benzene rings is 1. The van der Waals surface area contributed by atoms with Gasteiger partial charge in [-0.3, -0.25) is 9.59 Å². The molecule has 4 atom stereocenters. The van der Waals surface area contributed by atoms with Crippen molar-refractivity contribution in [2.24, 2.45) is 11.8 Å². The van der Waals surface area contributed by atoms with E-state index in [1.807, 2.05) is 37.4 Å². The van der Waals surface area contributed by atoms with E-state index in [2.05, 4.69) is 34.0 Å². The summed E-state index contributed by atoms with van der Waals surface area (Å²) in [7, 11) is 3.60. The molecule has 11 heteroatoms. The normalized spacial score (nSPS) is 18.7. The molecule has 2 fully saturated rings. The highest BCUT2D eigenvalue weighted by molar-refractivity contribution is 5.90. The van der Waals surface area contributed by atoms with E-state index >= 15 is 0 Å². The van der Waals surface area contributed by atoms with Crippen molar-refractivity contribution in [2.45, 2.75) is 102 Å². The number of amides is 3. The Labute approximate surface area is 280 Å². The number of hydrogen-bond donors (Lipinski definition) is 3. The number of nitrogens with zero attached hydrogens (tertiary/aromatic N) is 4. The molecule has 2 aliphatic rings. The lowest BCUT2D eigenvalue weighted by Gasteiger charge is -2.35. The van der Waals surface area contributed by atoms with E-state index in [1.54, 1.807) is 24.5 Å². The molecule has 1 aromatic carbocycles. The molecule has 1 aromatic heterocycles. The Balaban J connectivity index is 1.55. The summed E-state index contributed by atoms with van der Waals surface area (Å²) in [5.74, 6) is 0.0731. The molecule has 3 amide bonds. The lowest BCUT2D eigenvalue weighted by molar-refractivity contribution is -0.146. The summed E-state index contributed by atoms with van der Waals surface area (Å²) in [6, 6.07) is 8.11. The van der Waals surface area contributed by atoms with Crippen LogP contribution in [0, 0.1) is 11.8 Å². The molecule has 0 unspecified atom stereocenters. The smallest absolute Gasteiger partial charge is 0.410 e. The van der Waals surface area contributed by atoms with Crippen LogP contribution in [0.4, 0.5) is 4.79 Å². The van der Waals surface area contributed by atoms with Gasteiger partial charge in [0, 0.05) is 58.0 Å². The van der Waals surface area contributed by atoms with E-state index in [0.717, 1.165) is 37.9 Å². The van der Waals surface area contributed by atoms with E-state index in [-0.39, 0.29) is 18.7 Å². The van der Waals surface area contributed by atoms with Crippen molar-refractivity contribution in [1.29, 1.82) is 0 Å². The number of imidazole rings is 1. The summed E-state index contributed by atoms with van der Waals surface area (Å²) in [4.78, 5) is 54.2.